The van der Waals surface area contributed by atoms with Gasteiger partial charge in [0, 0.05) is 5.92 Å². The third kappa shape index (κ3) is 1.70. The smallest absolute Gasteiger partial charge is 0.162 e. The van der Waals surface area contributed by atoms with E-state index in [1.54, 1.807) is 0 Å². The highest BCUT2D eigenvalue weighted by Gasteiger charge is 2.50. The first-order chi connectivity index (χ1) is 6.11. The quantitative estimate of drug-likeness (QED) is 0.635. The molecule has 0 aromatic rings. The molecular weight excluding hydrogens is 160 g/mol. The largest absolute Gasteiger partial charge is 0.294 e. The second-order valence-corrected chi connectivity index (χ2v) is 5.08. The molecule has 1 heteroatoms. The van der Waals surface area contributed by atoms with E-state index in [2.05, 4.69) is 19.9 Å². The Bertz CT molecular complexity index is 260. The van der Waals surface area contributed by atoms with Crippen LogP contribution in [0.4, 0.5) is 0 Å². The van der Waals surface area contributed by atoms with Gasteiger partial charge in [-0.3, -0.25) is 4.79 Å². The molecule has 0 spiro atoms. The molecule has 0 amide bonds. The summed E-state index contributed by atoms with van der Waals surface area (Å²) in [4.78, 5) is 11.9. The summed E-state index contributed by atoms with van der Waals surface area (Å²) in [6, 6.07) is 0. The lowest BCUT2D eigenvalue weighted by Gasteiger charge is -2.12. The van der Waals surface area contributed by atoms with Crippen molar-refractivity contribution < 1.29 is 4.79 Å². The van der Waals surface area contributed by atoms with E-state index in [9.17, 15) is 4.79 Å². The molecule has 0 aromatic carbocycles. The van der Waals surface area contributed by atoms with E-state index in [0.29, 0.717) is 17.1 Å². The fourth-order valence-electron chi connectivity index (χ4n) is 2.20. The Hall–Kier alpha value is -0.590. The number of ketones is 1. The van der Waals surface area contributed by atoms with Gasteiger partial charge in [0.1, 0.15) is 0 Å². The maximum Gasteiger partial charge on any atom is 0.162 e. The minimum atomic E-state index is 0.301. The Kier molecular flexibility index (Phi) is 2.05. The van der Waals surface area contributed by atoms with Crippen LogP contribution in [0.25, 0.3) is 0 Å². The second kappa shape index (κ2) is 2.97. The summed E-state index contributed by atoms with van der Waals surface area (Å²) in [5.74, 6) is 0.793. The van der Waals surface area contributed by atoms with E-state index >= 15 is 0 Å². The van der Waals surface area contributed by atoms with Crippen LogP contribution in [0.1, 0.15) is 46.0 Å². The summed E-state index contributed by atoms with van der Waals surface area (Å²) in [5, 5.41) is 0. The zero-order chi connectivity index (χ0) is 9.47. The number of carbonyl (C=O) groups excluding carboxylic acids is 1. The molecule has 2 aliphatic carbocycles. The maximum atomic E-state index is 11.9. The summed E-state index contributed by atoms with van der Waals surface area (Å²) in [5.41, 5.74) is 1.43. The van der Waals surface area contributed by atoms with Crippen molar-refractivity contribution in [1.29, 1.82) is 0 Å². The van der Waals surface area contributed by atoms with Gasteiger partial charge in [-0.2, -0.15) is 0 Å². The van der Waals surface area contributed by atoms with E-state index in [1.165, 1.54) is 12.8 Å². The van der Waals surface area contributed by atoms with Gasteiger partial charge in [0.2, 0.25) is 0 Å². The monoisotopic (exact) mass is 178 g/mol. The lowest BCUT2D eigenvalue weighted by molar-refractivity contribution is -0.117. The molecule has 1 saturated carbocycles. The number of rotatable bonds is 2. The molecule has 1 unspecified atom stereocenters. The van der Waals surface area contributed by atoms with Crippen molar-refractivity contribution in [3.05, 3.63) is 11.6 Å². The maximum absolute atomic E-state index is 11.9. The Labute approximate surface area is 80.2 Å². The molecule has 0 N–H and O–H groups in total. The van der Waals surface area contributed by atoms with Crippen LogP contribution in [0.5, 0.6) is 0 Å². The standard InChI is InChI=1S/C12H18O/c1-12(2)8-10(12)11(13)9-6-4-3-5-7-9/h6,10H,3-5,7-8H2,1-2H3. The highest BCUT2D eigenvalue weighted by Crippen LogP contribution is 2.53. The number of Topliss-reactive ketones (excluding diaryl/α,β-unsaturated/α-hetero) is 1. The van der Waals surface area contributed by atoms with Crippen LogP contribution in [0.2, 0.25) is 0 Å². The molecule has 0 bridgehead atoms. The highest BCUT2D eigenvalue weighted by molar-refractivity contribution is 5.99. The zero-order valence-electron chi connectivity index (χ0n) is 8.60. The average Bonchev–Trinajstić information content (AvgIpc) is 2.76. The van der Waals surface area contributed by atoms with Crippen LogP contribution < -0.4 is 0 Å². The van der Waals surface area contributed by atoms with Gasteiger partial charge < -0.3 is 0 Å². The number of allylic oxidation sites excluding steroid dienone is 2. The van der Waals surface area contributed by atoms with Crippen molar-refractivity contribution in [3.63, 3.8) is 0 Å². The molecule has 1 fully saturated rings. The molecule has 0 saturated heterocycles. The van der Waals surface area contributed by atoms with Gasteiger partial charge in [-0.1, -0.05) is 19.9 Å². The van der Waals surface area contributed by atoms with Crippen molar-refractivity contribution in [1.82, 2.24) is 0 Å². The Balaban J connectivity index is 2.02. The van der Waals surface area contributed by atoms with E-state index < -0.39 is 0 Å². The van der Waals surface area contributed by atoms with Crippen molar-refractivity contribution in [2.24, 2.45) is 11.3 Å². The highest BCUT2D eigenvalue weighted by atomic mass is 16.1. The Morgan fingerprint density at radius 1 is 1.46 bits per heavy atom. The van der Waals surface area contributed by atoms with Gasteiger partial charge in [0.05, 0.1) is 0 Å². The second-order valence-electron chi connectivity index (χ2n) is 5.08. The van der Waals surface area contributed by atoms with Gasteiger partial charge in [-0.15, -0.1) is 0 Å². The van der Waals surface area contributed by atoms with Crippen LogP contribution in [0.15, 0.2) is 11.6 Å². The lowest BCUT2D eigenvalue weighted by atomic mass is 9.92. The van der Waals surface area contributed by atoms with Crippen LogP contribution in [0.3, 0.4) is 0 Å². The molecule has 13 heavy (non-hydrogen) atoms. The topological polar surface area (TPSA) is 17.1 Å². The molecule has 72 valence electrons. The van der Waals surface area contributed by atoms with Crippen molar-refractivity contribution in [3.8, 4) is 0 Å². The minimum Gasteiger partial charge on any atom is -0.294 e. The third-order valence-corrected chi connectivity index (χ3v) is 3.44. The van der Waals surface area contributed by atoms with Crippen LogP contribution in [-0.2, 0) is 4.79 Å². The summed E-state index contributed by atoms with van der Waals surface area (Å²) < 4.78 is 0. The van der Waals surface area contributed by atoms with Gasteiger partial charge in [0.15, 0.2) is 5.78 Å². The van der Waals surface area contributed by atoms with E-state index in [4.69, 9.17) is 0 Å². The molecule has 2 aliphatic rings. The van der Waals surface area contributed by atoms with E-state index in [1.807, 2.05) is 0 Å². The number of hydrogen-bond donors (Lipinski definition) is 0. The lowest BCUT2D eigenvalue weighted by Crippen LogP contribution is -2.11. The van der Waals surface area contributed by atoms with Gasteiger partial charge >= 0.3 is 0 Å². The Morgan fingerprint density at radius 2 is 2.15 bits per heavy atom. The number of hydrogen-bond acceptors (Lipinski definition) is 1. The molecule has 1 atom stereocenters. The molecule has 1 nitrogen and oxygen atoms in total. The first-order valence-electron chi connectivity index (χ1n) is 5.34. The summed E-state index contributed by atoms with van der Waals surface area (Å²) in [6.45, 7) is 4.39. The SMILES string of the molecule is CC1(C)CC1C(=O)C1=CCCCC1. The predicted molar refractivity (Wildman–Crippen MR) is 53.4 cm³/mol. The van der Waals surface area contributed by atoms with Crippen molar-refractivity contribution in [2.45, 2.75) is 46.0 Å². The summed E-state index contributed by atoms with van der Waals surface area (Å²) >= 11 is 0. The fraction of sp³-hybridized carbons (Fsp3) is 0.750. The zero-order valence-corrected chi connectivity index (χ0v) is 8.60. The molecule has 0 heterocycles. The predicted octanol–water partition coefficient (Wildman–Crippen LogP) is 3.10. The van der Waals surface area contributed by atoms with E-state index in [-0.39, 0.29) is 0 Å². The first kappa shape index (κ1) is 8.98. The molecule has 0 aromatic heterocycles. The van der Waals surface area contributed by atoms with Gasteiger partial charge in [-0.25, -0.2) is 0 Å². The van der Waals surface area contributed by atoms with Gasteiger partial charge in [-0.05, 0) is 43.1 Å². The average molecular weight is 178 g/mol. The van der Waals surface area contributed by atoms with E-state index in [0.717, 1.165) is 24.8 Å². The summed E-state index contributed by atoms with van der Waals surface area (Å²) in [6.07, 6.45) is 7.90. The molecule has 0 aliphatic heterocycles. The van der Waals surface area contributed by atoms with Crippen LogP contribution in [0, 0.1) is 11.3 Å². The van der Waals surface area contributed by atoms with Crippen molar-refractivity contribution in [2.75, 3.05) is 0 Å². The fourth-order valence-corrected chi connectivity index (χ4v) is 2.20. The van der Waals surface area contributed by atoms with Crippen molar-refractivity contribution >= 4 is 5.78 Å². The molecule has 0 radical (unpaired) electrons. The summed E-state index contributed by atoms with van der Waals surface area (Å²) in [7, 11) is 0. The van der Waals surface area contributed by atoms with Crippen LogP contribution >= 0.6 is 0 Å². The normalized spacial score (nSPS) is 30.9. The number of carbonyl (C=O) groups is 1. The molecular formula is C12H18O. The minimum absolute atomic E-state index is 0.301. The third-order valence-electron chi connectivity index (χ3n) is 3.44. The Morgan fingerprint density at radius 3 is 2.62 bits per heavy atom. The molecule has 2 rings (SSSR count). The van der Waals surface area contributed by atoms with Crippen LogP contribution in [-0.4, -0.2) is 5.78 Å². The first-order valence-corrected chi connectivity index (χ1v) is 5.34. The van der Waals surface area contributed by atoms with Gasteiger partial charge in [0.25, 0.3) is 0 Å².